The van der Waals surface area contributed by atoms with Gasteiger partial charge in [0.15, 0.2) is 11.4 Å². The molecule has 3 aromatic rings. The SMILES string of the molecule is O=C(C[C@]1(O)C(=O)N(CCc2ccccc2)c2ccccc21)c1ccc([N+](=O)[O-])cc1. The molecule has 31 heavy (non-hydrogen) atoms. The number of nitro groups is 1. The highest BCUT2D eigenvalue weighted by Crippen LogP contribution is 2.42. The van der Waals surface area contributed by atoms with Gasteiger partial charge >= 0.3 is 0 Å². The molecule has 0 unspecified atom stereocenters. The van der Waals surface area contributed by atoms with Crippen LogP contribution in [0.4, 0.5) is 11.4 Å². The smallest absolute Gasteiger partial charge is 0.269 e. The number of amides is 1. The highest BCUT2D eigenvalue weighted by molar-refractivity contribution is 6.10. The molecule has 0 saturated heterocycles. The van der Waals surface area contributed by atoms with Crippen LogP contribution in [0.25, 0.3) is 0 Å². The molecule has 1 heterocycles. The van der Waals surface area contributed by atoms with Crippen molar-refractivity contribution < 1.29 is 19.6 Å². The topological polar surface area (TPSA) is 101 Å². The van der Waals surface area contributed by atoms with Crippen molar-refractivity contribution in [2.24, 2.45) is 0 Å². The van der Waals surface area contributed by atoms with Crippen LogP contribution in [0.5, 0.6) is 0 Å². The lowest BCUT2D eigenvalue weighted by Gasteiger charge is -2.23. The lowest BCUT2D eigenvalue weighted by atomic mass is 9.88. The number of nitro benzene ring substituents is 1. The molecule has 1 aliphatic heterocycles. The van der Waals surface area contributed by atoms with Crippen LogP contribution in [-0.4, -0.2) is 28.3 Å². The second-order valence-corrected chi connectivity index (χ2v) is 7.47. The van der Waals surface area contributed by atoms with Crippen LogP contribution in [0.3, 0.4) is 0 Å². The summed E-state index contributed by atoms with van der Waals surface area (Å²) in [6.45, 7) is 0.369. The average molecular weight is 416 g/mol. The van der Waals surface area contributed by atoms with E-state index in [1.807, 2.05) is 30.3 Å². The van der Waals surface area contributed by atoms with E-state index in [0.717, 1.165) is 5.56 Å². The minimum absolute atomic E-state index is 0.135. The molecule has 7 nitrogen and oxygen atoms in total. The van der Waals surface area contributed by atoms with E-state index in [1.54, 1.807) is 24.3 Å². The second kappa shape index (κ2) is 8.12. The molecule has 156 valence electrons. The highest BCUT2D eigenvalue weighted by atomic mass is 16.6. The normalized spacial score (nSPS) is 17.5. The lowest BCUT2D eigenvalue weighted by Crippen LogP contribution is -2.42. The summed E-state index contributed by atoms with van der Waals surface area (Å²) in [6, 6.07) is 21.7. The van der Waals surface area contributed by atoms with Crippen LogP contribution in [0.2, 0.25) is 0 Å². The van der Waals surface area contributed by atoms with Gasteiger partial charge in [-0.25, -0.2) is 0 Å². The lowest BCUT2D eigenvalue weighted by molar-refractivity contribution is -0.384. The van der Waals surface area contributed by atoms with Crippen molar-refractivity contribution in [3.8, 4) is 0 Å². The predicted molar refractivity (Wildman–Crippen MR) is 115 cm³/mol. The zero-order valence-corrected chi connectivity index (χ0v) is 16.6. The number of non-ortho nitro benzene ring substituents is 1. The van der Waals surface area contributed by atoms with Crippen LogP contribution in [0, 0.1) is 10.1 Å². The maximum atomic E-state index is 13.3. The molecule has 0 aliphatic carbocycles. The van der Waals surface area contributed by atoms with Crippen LogP contribution < -0.4 is 4.90 Å². The summed E-state index contributed by atoms with van der Waals surface area (Å²) in [5.41, 5.74) is 0.124. The molecule has 3 aromatic carbocycles. The number of benzene rings is 3. The van der Waals surface area contributed by atoms with Gasteiger partial charge in [-0.05, 0) is 30.2 Å². The Morgan fingerprint density at radius 2 is 1.61 bits per heavy atom. The van der Waals surface area contributed by atoms with Gasteiger partial charge in [-0.3, -0.25) is 19.7 Å². The van der Waals surface area contributed by atoms with E-state index in [1.165, 1.54) is 29.2 Å². The van der Waals surface area contributed by atoms with Crippen LogP contribution in [0.1, 0.15) is 27.9 Å². The van der Waals surface area contributed by atoms with Crippen molar-refractivity contribution >= 4 is 23.1 Å². The number of carbonyl (C=O) groups excluding carboxylic acids is 2. The highest BCUT2D eigenvalue weighted by Gasteiger charge is 2.50. The average Bonchev–Trinajstić information content (AvgIpc) is 3.00. The van der Waals surface area contributed by atoms with Gasteiger partial charge in [0.25, 0.3) is 11.6 Å². The van der Waals surface area contributed by atoms with Gasteiger partial charge in [-0.15, -0.1) is 0 Å². The number of hydrogen-bond acceptors (Lipinski definition) is 5. The number of aliphatic hydroxyl groups is 1. The predicted octanol–water partition coefficient (Wildman–Crippen LogP) is 3.64. The Morgan fingerprint density at radius 1 is 0.968 bits per heavy atom. The summed E-state index contributed by atoms with van der Waals surface area (Å²) in [6.07, 6.45) is 0.162. The molecule has 4 rings (SSSR count). The molecule has 0 radical (unpaired) electrons. The zero-order valence-electron chi connectivity index (χ0n) is 16.6. The fourth-order valence-electron chi connectivity index (χ4n) is 3.89. The maximum Gasteiger partial charge on any atom is 0.269 e. The molecule has 1 atom stereocenters. The Kier molecular flexibility index (Phi) is 5.35. The summed E-state index contributed by atoms with van der Waals surface area (Å²) >= 11 is 0. The van der Waals surface area contributed by atoms with Gasteiger partial charge in [-0.1, -0.05) is 48.5 Å². The summed E-state index contributed by atoms with van der Waals surface area (Å²) in [5, 5.41) is 22.2. The second-order valence-electron chi connectivity index (χ2n) is 7.47. The van der Waals surface area contributed by atoms with E-state index in [0.29, 0.717) is 24.2 Å². The third kappa shape index (κ3) is 3.83. The minimum Gasteiger partial charge on any atom is -0.375 e. The van der Waals surface area contributed by atoms with E-state index in [4.69, 9.17) is 0 Å². The molecule has 0 bridgehead atoms. The summed E-state index contributed by atoms with van der Waals surface area (Å²) in [4.78, 5) is 37.9. The Hall–Kier alpha value is -3.84. The number of carbonyl (C=O) groups is 2. The number of Topliss-reactive ketones (excluding diaryl/α,β-unsaturated/α-hetero) is 1. The van der Waals surface area contributed by atoms with Crippen LogP contribution in [-0.2, 0) is 16.8 Å². The first-order valence-corrected chi connectivity index (χ1v) is 9.85. The Morgan fingerprint density at radius 3 is 2.29 bits per heavy atom. The quantitative estimate of drug-likeness (QED) is 0.360. The molecule has 0 saturated carbocycles. The van der Waals surface area contributed by atoms with Gasteiger partial charge in [0.2, 0.25) is 0 Å². The first-order chi connectivity index (χ1) is 14.9. The van der Waals surface area contributed by atoms with Crippen molar-refractivity contribution in [2.75, 3.05) is 11.4 Å². The Balaban J connectivity index is 1.58. The molecule has 1 aliphatic rings. The Labute approximate surface area is 178 Å². The van der Waals surface area contributed by atoms with Gasteiger partial charge in [0.05, 0.1) is 17.0 Å². The van der Waals surface area contributed by atoms with Crippen molar-refractivity contribution in [1.82, 2.24) is 0 Å². The number of para-hydroxylation sites is 1. The number of hydrogen-bond donors (Lipinski definition) is 1. The summed E-state index contributed by atoms with van der Waals surface area (Å²) in [5.74, 6) is -1.01. The molecular formula is C24H20N2O5. The molecule has 0 aromatic heterocycles. The largest absolute Gasteiger partial charge is 0.375 e. The van der Waals surface area contributed by atoms with Gasteiger partial charge < -0.3 is 10.0 Å². The van der Waals surface area contributed by atoms with Crippen molar-refractivity contribution in [1.29, 1.82) is 0 Å². The number of rotatable bonds is 7. The van der Waals surface area contributed by atoms with E-state index >= 15 is 0 Å². The van der Waals surface area contributed by atoms with E-state index < -0.39 is 28.6 Å². The summed E-state index contributed by atoms with van der Waals surface area (Å²) < 4.78 is 0. The number of nitrogens with zero attached hydrogens (tertiary/aromatic N) is 2. The third-order valence-electron chi connectivity index (χ3n) is 5.52. The van der Waals surface area contributed by atoms with E-state index in [-0.39, 0.29) is 11.3 Å². The summed E-state index contributed by atoms with van der Waals surface area (Å²) in [7, 11) is 0. The Bertz CT molecular complexity index is 1140. The standard InChI is InChI=1S/C24H20N2O5/c27-22(18-10-12-19(13-11-18)26(30)31)16-24(29)20-8-4-5-9-21(20)25(23(24)28)15-14-17-6-2-1-3-7-17/h1-13,29H,14-16H2/t24-/m1/s1. The fourth-order valence-corrected chi connectivity index (χ4v) is 3.89. The molecule has 0 spiro atoms. The molecule has 1 amide bonds. The maximum absolute atomic E-state index is 13.3. The van der Waals surface area contributed by atoms with Gasteiger partial charge in [0, 0.05) is 29.8 Å². The molecule has 1 N–H and O–H groups in total. The number of fused-ring (bicyclic) bond motifs is 1. The fraction of sp³-hybridized carbons (Fsp3) is 0.167. The first kappa shape index (κ1) is 20.4. The van der Waals surface area contributed by atoms with Crippen molar-refractivity contribution in [2.45, 2.75) is 18.4 Å². The number of anilines is 1. The van der Waals surface area contributed by atoms with Crippen molar-refractivity contribution in [3.05, 3.63) is 106 Å². The van der Waals surface area contributed by atoms with Crippen LogP contribution >= 0.6 is 0 Å². The molecule has 7 heteroatoms. The first-order valence-electron chi connectivity index (χ1n) is 9.85. The van der Waals surface area contributed by atoms with E-state index in [9.17, 15) is 24.8 Å². The molecular weight excluding hydrogens is 396 g/mol. The number of ketones is 1. The zero-order chi connectivity index (χ0) is 22.0. The van der Waals surface area contributed by atoms with Crippen LogP contribution in [0.15, 0.2) is 78.9 Å². The van der Waals surface area contributed by atoms with E-state index in [2.05, 4.69) is 0 Å². The molecule has 0 fully saturated rings. The van der Waals surface area contributed by atoms with Crippen molar-refractivity contribution in [3.63, 3.8) is 0 Å². The van der Waals surface area contributed by atoms with Gasteiger partial charge in [0.1, 0.15) is 0 Å². The monoisotopic (exact) mass is 416 g/mol. The minimum atomic E-state index is -1.98. The third-order valence-corrected chi connectivity index (χ3v) is 5.52. The van der Waals surface area contributed by atoms with Gasteiger partial charge in [-0.2, -0.15) is 0 Å².